The molecule has 0 saturated heterocycles. The van der Waals surface area contributed by atoms with Crippen LogP contribution in [0, 0.1) is 6.92 Å². The maximum Gasteiger partial charge on any atom is 0.204 e. The molecule has 0 radical (unpaired) electrons. The highest BCUT2D eigenvalue weighted by atomic mass is 15.4. The van der Waals surface area contributed by atoms with Crippen molar-refractivity contribution in [3.05, 3.63) is 59.7 Å². The van der Waals surface area contributed by atoms with Crippen molar-refractivity contribution in [2.75, 3.05) is 5.73 Å². The summed E-state index contributed by atoms with van der Waals surface area (Å²) in [6.07, 6.45) is 4.04. The van der Waals surface area contributed by atoms with Crippen LogP contribution in [0.5, 0.6) is 0 Å². The van der Waals surface area contributed by atoms with E-state index < -0.39 is 0 Å². The minimum atomic E-state index is 0.609. The lowest BCUT2D eigenvalue weighted by molar-refractivity contribution is 0.841. The fourth-order valence-corrected chi connectivity index (χ4v) is 2.48. The first kappa shape index (κ1) is 12.7. The molecule has 108 valence electrons. The first-order valence-corrected chi connectivity index (χ1v) is 7.01. The average molecular weight is 290 g/mol. The molecule has 4 rings (SSSR count). The summed E-state index contributed by atoms with van der Waals surface area (Å²) in [7, 11) is 0. The SMILES string of the molecule is Cc1ccc(Cc2nnc3c4ncc(N)cc4cnn23)cc1. The quantitative estimate of drug-likeness (QED) is 0.611. The highest BCUT2D eigenvalue weighted by molar-refractivity contribution is 5.90. The zero-order valence-electron chi connectivity index (χ0n) is 12.1. The summed E-state index contributed by atoms with van der Waals surface area (Å²) >= 11 is 0. The highest BCUT2D eigenvalue weighted by Gasteiger charge is 2.11. The van der Waals surface area contributed by atoms with Gasteiger partial charge in [-0.3, -0.25) is 0 Å². The average Bonchev–Trinajstić information content (AvgIpc) is 2.92. The molecule has 3 heterocycles. The Kier molecular flexibility index (Phi) is 2.75. The molecule has 0 spiro atoms. The van der Waals surface area contributed by atoms with E-state index in [0.717, 1.165) is 16.7 Å². The van der Waals surface area contributed by atoms with Crippen molar-refractivity contribution in [3.8, 4) is 0 Å². The molecule has 0 aliphatic heterocycles. The maximum absolute atomic E-state index is 5.75. The predicted octanol–water partition coefficient (Wildman–Crippen LogP) is 2.15. The largest absolute Gasteiger partial charge is 0.397 e. The van der Waals surface area contributed by atoms with E-state index in [1.807, 2.05) is 6.07 Å². The van der Waals surface area contributed by atoms with E-state index in [4.69, 9.17) is 5.73 Å². The fraction of sp³-hybridized carbons (Fsp3) is 0.125. The summed E-state index contributed by atoms with van der Waals surface area (Å²) in [6, 6.07) is 10.2. The van der Waals surface area contributed by atoms with Crippen LogP contribution in [0.4, 0.5) is 5.69 Å². The van der Waals surface area contributed by atoms with Crippen LogP contribution >= 0.6 is 0 Å². The fourth-order valence-electron chi connectivity index (χ4n) is 2.48. The van der Waals surface area contributed by atoms with Crippen LogP contribution in [0.2, 0.25) is 0 Å². The molecule has 2 N–H and O–H groups in total. The number of nitrogens with two attached hydrogens (primary N) is 1. The minimum absolute atomic E-state index is 0.609. The van der Waals surface area contributed by atoms with E-state index in [-0.39, 0.29) is 0 Å². The van der Waals surface area contributed by atoms with Crippen molar-refractivity contribution >= 4 is 22.2 Å². The number of rotatable bonds is 2. The summed E-state index contributed by atoms with van der Waals surface area (Å²) in [6.45, 7) is 2.07. The number of nitrogen functional groups attached to an aromatic ring is 1. The van der Waals surface area contributed by atoms with Gasteiger partial charge in [-0.2, -0.15) is 9.61 Å². The van der Waals surface area contributed by atoms with Gasteiger partial charge in [0.2, 0.25) is 5.65 Å². The van der Waals surface area contributed by atoms with Crippen molar-refractivity contribution in [2.24, 2.45) is 0 Å². The molecule has 0 aliphatic carbocycles. The Hall–Kier alpha value is -3.02. The van der Waals surface area contributed by atoms with E-state index in [9.17, 15) is 0 Å². The third-order valence-corrected chi connectivity index (χ3v) is 3.65. The molecule has 1 aromatic carbocycles. The second kappa shape index (κ2) is 4.77. The third-order valence-electron chi connectivity index (χ3n) is 3.65. The first-order chi connectivity index (χ1) is 10.7. The lowest BCUT2D eigenvalue weighted by atomic mass is 10.1. The van der Waals surface area contributed by atoms with Gasteiger partial charge in [-0.05, 0) is 18.6 Å². The molecule has 0 atom stereocenters. The van der Waals surface area contributed by atoms with Gasteiger partial charge < -0.3 is 5.73 Å². The minimum Gasteiger partial charge on any atom is -0.397 e. The van der Waals surface area contributed by atoms with Crippen molar-refractivity contribution in [1.82, 2.24) is 24.8 Å². The number of aromatic nitrogens is 5. The van der Waals surface area contributed by atoms with E-state index >= 15 is 0 Å². The van der Waals surface area contributed by atoms with Gasteiger partial charge in [-0.25, -0.2) is 4.98 Å². The number of nitrogens with zero attached hydrogens (tertiary/aromatic N) is 5. The van der Waals surface area contributed by atoms with Crippen molar-refractivity contribution in [2.45, 2.75) is 13.3 Å². The van der Waals surface area contributed by atoms with Gasteiger partial charge in [-0.15, -0.1) is 10.2 Å². The zero-order valence-corrected chi connectivity index (χ0v) is 12.1. The van der Waals surface area contributed by atoms with E-state index in [1.54, 1.807) is 16.9 Å². The number of anilines is 1. The van der Waals surface area contributed by atoms with E-state index in [2.05, 4.69) is 51.5 Å². The first-order valence-electron chi connectivity index (χ1n) is 7.01. The van der Waals surface area contributed by atoms with Crippen LogP contribution in [0.25, 0.3) is 16.6 Å². The van der Waals surface area contributed by atoms with E-state index in [1.165, 1.54) is 11.1 Å². The van der Waals surface area contributed by atoms with Crippen LogP contribution in [-0.4, -0.2) is 24.8 Å². The van der Waals surface area contributed by atoms with Crippen LogP contribution in [0.3, 0.4) is 0 Å². The van der Waals surface area contributed by atoms with Gasteiger partial charge in [0.1, 0.15) is 5.52 Å². The summed E-state index contributed by atoms with van der Waals surface area (Å²) in [5, 5.41) is 13.8. The lowest BCUT2D eigenvalue weighted by Crippen LogP contribution is -2.01. The summed E-state index contributed by atoms with van der Waals surface area (Å²) in [5.41, 5.74) is 10.2. The second-order valence-corrected chi connectivity index (χ2v) is 5.37. The Morgan fingerprint density at radius 3 is 2.73 bits per heavy atom. The Bertz CT molecular complexity index is 971. The number of aryl methyl sites for hydroxylation is 1. The van der Waals surface area contributed by atoms with Gasteiger partial charge in [0.25, 0.3) is 0 Å². The monoisotopic (exact) mass is 290 g/mol. The standard InChI is InChI=1S/C16H14N6/c1-10-2-4-11(5-3-10)6-14-20-21-16-15-12(8-19-22(14)16)7-13(17)9-18-15/h2-5,7-9H,6,17H2,1H3. The number of hydrogen-bond donors (Lipinski definition) is 1. The van der Waals surface area contributed by atoms with Gasteiger partial charge in [0.15, 0.2) is 5.82 Å². The number of fused-ring (bicyclic) bond motifs is 3. The van der Waals surface area contributed by atoms with Crippen molar-refractivity contribution < 1.29 is 0 Å². The molecule has 22 heavy (non-hydrogen) atoms. The molecule has 0 unspecified atom stereocenters. The Balaban J connectivity index is 1.82. The summed E-state index contributed by atoms with van der Waals surface area (Å²) < 4.78 is 1.74. The van der Waals surface area contributed by atoms with E-state index in [0.29, 0.717) is 17.8 Å². The Morgan fingerprint density at radius 1 is 1.09 bits per heavy atom. The zero-order chi connectivity index (χ0) is 15.1. The molecule has 0 bridgehead atoms. The summed E-state index contributed by atoms with van der Waals surface area (Å²) in [4.78, 5) is 4.35. The van der Waals surface area contributed by atoms with Crippen LogP contribution in [0.1, 0.15) is 17.0 Å². The van der Waals surface area contributed by atoms with Gasteiger partial charge in [0.05, 0.1) is 18.1 Å². The molecule has 3 aromatic heterocycles. The summed E-state index contributed by atoms with van der Waals surface area (Å²) in [5.74, 6) is 0.791. The normalized spacial score (nSPS) is 11.3. The molecule has 6 heteroatoms. The lowest BCUT2D eigenvalue weighted by Gasteiger charge is -2.02. The topological polar surface area (TPSA) is 82.0 Å². The highest BCUT2D eigenvalue weighted by Crippen LogP contribution is 2.18. The van der Waals surface area contributed by atoms with Crippen molar-refractivity contribution in [3.63, 3.8) is 0 Å². The molecule has 0 aliphatic rings. The molecule has 0 saturated carbocycles. The molecular formula is C16H14N6. The van der Waals surface area contributed by atoms with Crippen LogP contribution < -0.4 is 5.73 Å². The third kappa shape index (κ3) is 2.05. The smallest absolute Gasteiger partial charge is 0.204 e. The number of pyridine rings is 1. The van der Waals surface area contributed by atoms with Crippen molar-refractivity contribution in [1.29, 1.82) is 0 Å². The predicted molar refractivity (Wildman–Crippen MR) is 84.5 cm³/mol. The number of benzene rings is 1. The van der Waals surface area contributed by atoms with Gasteiger partial charge in [0, 0.05) is 11.8 Å². The van der Waals surface area contributed by atoms with Crippen LogP contribution in [0.15, 0.2) is 42.7 Å². The van der Waals surface area contributed by atoms with Gasteiger partial charge >= 0.3 is 0 Å². The molecule has 4 aromatic rings. The molecule has 6 nitrogen and oxygen atoms in total. The number of hydrogen-bond acceptors (Lipinski definition) is 5. The molecular weight excluding hydrogens is 276 g/mol. The molecule has 0 amide bonds. The second-order valence-electron chi connectivity index (χ2n) is 5.37. The maximum atomic E-state index is 5.75. The Labute approximate surface area is 126 Å². The van der Waals surface area contributed by atoms with Gasteiger partial charge in [-0.1, -0.05) is 29.8 Å². The van der Waals surface area contributed by atoms with Crippen LogP contribution in [-0.2, 0) is 6.42 Å². The Morgan fingerprint density at radius 2 is 1.91 bits per heavy atom. The molecule has 0 fully saturated rings.